The summed E-state index contributed by atoms with van der Waals surface area (Å²) in [5, 5.41) is 3.18. The molecule has 1 fully saturated rings. The molecule has 0 bridgehead atoms. The van der Waals surface area contributed by atoms with Crippen LogP contribution in [0.1, 0.15) is 50.7 Å². The van der Waals surface area contributed by atoms with Crippen molar-refractivity contribution in [3.63, 3.8) is 0 Å². The van der Waals surface area contributed by atoms with Gasteiger partial charge in [0.25, 0.3) is 0 Å². The molecule has 0 unspecified atom stereocenters. The van der Waals surface area contributed by atoms with E-state index in [-0.39, 0.29) is 11.9 Å². The van der Waals surface area contributed by atoms with Crippen molar-refractivity contribution < 1.29 is 4.79 Å². The summed E-state index contributed by atoms with van der Waals surface area (Å²) < 4.78 is 0. The maximum absolute atomic E-state index is 12.7. The van der Waals surface area contributed by atoms with E-state index in [1.165, 1.54) is 6.42 Å². The second-order valence-electron chi connectivity index (χ2n) is 6.26. The standard InChI is InChI=1S/C18H28N2O/c1-5-15(4)20-12-7-6-11-16(20)18(21)19-17-13(2)9-8-10-14(17)3/h8-10,15-16H,5-7,11-12H2,1-4H3,(H,19,21)/t15-,16-/m0/s1. The zero-order chi connectivity index (χ0) is 15.4. The number of piperidine rings is 1. The van der Waals surface area contributed by atoms with Crippen molar-refractivity contribution in [1.82, 2.24) is 4.90 Å². The van der Waals surface area contributed by atoms with E-state index in [2.05, 4.69) is 50.0 Å². The lowest BCUT2D eigenvalue weighted by molar-refractivity contribution is -0.123. The van der Waals surface area contributed by atoms with Gasteiger partial charge in [-0.1, -0.05) is 31.5 Å². The Morgan fingerprint density at radius 2 is 2.00 bits per heavy atom. The predicted molar refractivity (Wildman–Crippen MR) is 88.6 cm³/mol. The minimum absolute atomic E-state index is 0.0210. The summed E-state index contributed by atoms with van der Waals surface area (Å²) in [6.45, 7) is 9.57. The van der Waals surface area contributed by atoms with E-state index in [0.717, 1.165) is 42.6 Å². The first-order chi connectivity index (χ1) is 10.0. The first kappa shape index (κ1) is 16.0. The van der Waals surface area contributed by atoms with Crippen LogP contribution in [-0.4, -0.2) is 29.4 Å². The van der Waals surface area contributed by atoms with Crippen LogP contribution < -0.4 is 5.32 Å². The molecule has 1 N–H and O–H groups in total. The number of benzene rings is 1. The molecule has 1 aromatic carbocycles. The summed E-state index contributed by atoms with van der Waals surface area (Å²) in [4.78, 5) is 15.1. The molecule has 0 saturated carbocycles. The largest absolute Gasteiger partial charge is 0.324 e. The molecule has 116 valence electrons. The number of aryl methyl sites for hydroxylation is 2. The van der Waals surface area contributed by atoms with Crippen molar-refractivity contribution in [2.45, 2.75) is 65.5 Å². The van der Waals surface area contributed by atoms with Gasteiger partial charge in [0, 0.05) is 11.7 Å². The number of likely N-dealkylation sites (tertiary alicyclic amines) is 1. The molecule has 0 spiro atoms. The first-order valence-electron chi connectivity index (χ1n) is 8.17. The van der Waals surface area contributed by atoms with Crippen LogP contribution in [0.5, 0.6) is 0 Å². The summed E-state index contributed by atoms with van der Waals surface area (Å²) in [6.07, 6.45) is 4.42. The lowest BCUT2D eigenvalue weighted by Gasteiger charge is -2.38. The van der Waals surface area contributed by atoms with Gasteiger partial charge < -0.3 is 5.32 Å². The number of anilines is 1. The van der Waals surface area contributed by atoms with E-state index in [0.29, 0.717) is 6.04 Å². The lowest BCUT2D eigenvalue weighted by atomic mass is 9.98. The van der Waals surface area contributed by atoms with Gasteiger partial charge in [-0.2, -0.15) is 0 Å². The average molecular weight is 288 g/mol. The topological polar surface area (TPSA) is 32.3 Å². The van der Waals surface area contributed by atoms with Gasteiger partial charge in [-0.15, -0.1) is 0 Å². The predicted octanol–water partition coefficient (Wildman–Crippen LogP) is 3.89. The number of nitrogens with zero attached hydrogens (tertiary/aromatic N) is 1. The number of carbonyl (C=O) groups excluding carboxylic acids is 1. The van der Waals surface area contributed by atoms with E-state index >= 15 is 0 Å². The Balaban J connectivity index is 2.14. The van der Waals surface area contributed by atoms with Crippen LogP contribution in [0.25, 0.3) is 0 Å². The minimum Gasteiger partial charge on any atom is -0.324 e. The fourth-order valence-electron chi connectivity index (χ4n) is 3.22. The molecule has 3 nitrogen and oxygen atoms in total. The maximum atomic E-state index is 12.7. The zero-order valence-corrected chi connectivity index (χ0v) is 13.8. The second kappa shape index (κ2) is 7.08. The van der Waals surface area contributed by atoms with Crippen molar-refractivity contribution in [3.05, 3.63) is 29.3 Å². The van der Waals surface area contributed by atoms with Crippen molar-refractivity contribution >= 4 is 11.6 Å². The number of carbonyl (C=O) groups is 1. The van der Waals surface area contributed by atoms with Gasteiger partial charge in [-0.05, 0) is 57.7 Å². The molecular weight excluding hydrogens is 260 g/mol. The smallest absolute Gasteiger partial charge is 0.241 e. The van der Waals surface area contributed by atoms with Crippen molar-refractivity contribution in [1.29, 1.82) is 0 Å². The van der Waals surface area contributed by atoms with Gasteiger partial charge in [-0.25, -0.2) is 0 Å². The van der Waals surface area contributed by atoms with Crippen molar-refractivity contribution in [2.24, 2.45) is 0 Å². The number of nitrogens with one attached hydrogen (secondary N) is 1. The van der Waals surface area contributed by atoms with Crippen LogP contribution in [0.15, 0.2) is 18.2 Å². The van der Waals surface area contributed by atoms with Crippen LogP contribution >= 0.6 is 0 Å². The average Bonchev–Trinajstić information content (AvgIpc) is 2.50. The second-order valence-corrected chi connectivity index (χ2v) is 6.26. The van der Waals surface area contributed by atoms with Crippen LogP contribution in [0.3, 0.4) is 0 Å². The fourth-order valence-corrected chi connectivity index (χ4v) is 3.22. The molecule has 1 aliphatic rings. The summed E-state index contributed by atoms with van der Waals surface area (Å²) in [7, 11) is 0. The SMILES string of the molecule is CC[C@H](C)N1CCCC[C@H]1C(=O)Nc1c(C)cccc1C. The van der Waals surface area contributed by atoms with E-state index in [9.17, 15) is 4.79 Å². The molecular formula is C18H28N2O. The molecule has 0 aliphatic carbocycles. The quantitative estimate of drug-likeness (QED) is 0.911. The molecule has 2 atom stereocenters. The van der Waals surface area contributed by atoms with E-state index in [1.54, 1.807) is 0 Å². The summed E-state index contributed by atoms with van der Waals surface area (Å²) >= 11 is 0. The monoisotopic (exact) mass is 288 g/mol. The molecule has 2 rings (SSSR count). The van der Waals surface area contributed by atoms with Gasteiger partial charge in [0.1, 0.15) is 0 Å². The Bertz CT molecular complexity index is 478. The summed E-state index contributed by atoms with van der Waals surface area (Å²) in [6, 6.07) is 6.63. The number of para-hydroxylation sites is 1. The number of hydrogen-bond donors (Lipinski definition) is 1. The fraction of sp³-hybridized carbons (Fsp3) is 0.611. The van der Waals surface area contributed by atoms with Crippen molar-refractivity contribution in [3.8, 4) is 0 Å². The molecule has 0 aromatic heterocycles. The zero-order valence-electron chi connectivity index (χ0n) is 13.8. The molecule has 1 aromatic rings. The summed E-state index contributed by atoms with van der Waals surface area (Å²) in [5.41, 5.74) is 3.25. The van der Waals surface area contributed by atoms with Crippen LogP contribution in [-0.2, 0) is 4.79 Å². The molecule has 0 radical (unpaired) electrons. The van der Waals surface area contributed by atoms with Crippen LogP contribution in [0.4, 0.5) is 5.69 Å². The number of rotatable bonds is 4. The molecule has 1 saturated heterocycles. The Labute approximate surface area is 128 Å². The Morgan fingerprint density at radius 3 is 2.62 bits per heavy atom. The molecule has 3 heteroatoms. The molecule has 1 heterocycles. The van der Waals surface area contributed by atoms with Crippen LogP contribution in [0, 0.1) is 13.8 Å². The third kappa shape index (κ3) is 3.65. The molecule has 1 aliphatic heterocycles. The molecule has 1 amide bonds. The highest BCUT2D eigenvalue weighted by Gasteiger charge is 2.31. The molecule has 21 heavy (non-hydrogen) atoms. The highest BCUT2D eigenvalue weighted by molar-refractivity contribution is 5.96. The third-order valence-electron chi connectivity index (χ3n) is 4.73. The van der Waals surface area contributed by atoms with Crippen LogP contribution in [0.2, 0.25) is 0 Å². The normalized spacial score (nSPS) is 21.0. The van der Waals surface area contributed by atoms with Crippen molar-refractivity contribution in [2.75, 3.05) is 11.9 Å². The Hall–Kier alpha value is -1.35. The highest BCUT2D eigenvalue weighted by atomic mass is 16.2. The van der Waals surface area contributed by atoms with Gasteiger partial charge in [0.2, 0.25) is 5.91 Å². The summed E-state index contributed by atoms with van der Waals surface area (Å²) in [5.74, 6) is 0.160. The lowest BCUT2D eigenvalue weighted by Crippen LogP contribution is -2.50. The minimum atomic E-state index is 0.0210. The third-order valence-corrected chi connectivity index (χ3v) is 4.73. The number of amides is 1. The van der Waals surface area contributed by atoms with Gasteiger partial charge in [0.05, 0.1) is 6.04 Å². The van der Waals surface area contributed by atoms with E-state index in [1.807, 2.05) is 6.07 Å². The maximum Gasteiger partial charge on any atom is 0.241 e. The van der Waals surface area contributed by atoms with Gasteiger partial charge in [-0.3, -0.25) is 9.69 Å². The Kier molecular flexibility index (Phi) is 5.40. The Morgan fingerprint density at radius 1 is 1.33 bits per heavy atom. The highest BCUT2D eigenvalue weighted by Crippen LogP contribution is 2.24. The number of hydrogen-bond acceptors (Lipinski definition) is 2. The van der Waals surface area contributed by atoms with Gasteiger partial charge in [0.15, 0.2) is 0 Å². The van der Waals surface area contributed by atoms with E-state index in [4.69, 9.17) is 0 Å². The van der Waals surface area contributed by atoms with Gasteiger partial charge >= 0.3 is 0 Å². The van der Waals surface area contributed by atoms with E-state index < -0.39 is 0 Å². The first-order valence-corrected chi connectivity index (χ1v) is 8.17.